The van der Waals surface area contributed by atoms with Crippen LogP contribution in [0.4, 0.5) is 5.69 Å². The number of anilines is 1. The van der Waals surface area contributed by atoms with Gasteiger partial charge in [0.15, 0.2) is 11.9 Å². The molecule has 2 aliphatic heterocycles. The lowest BCUT2D eigenvalue weighted by Gasteiger charge is -2.05. The molecule has 2 heterocycles. The number of epoxide rings is 1. The number of carbonyl (C=O) groups excluding carboxylic acids is 2. The normalized spacial score (nSPS) is 25.0. The van der Waals surface area contributed by atoms with Crippen LogP contribution in [-0.2, 0) is 15.1 Å². The van der Waals surface area contributed by atoms with Gasteiger partial charge in [-0.3, -0.25) is 9.59 Å². The number of rotatable bonds is 2. The predicted octanol–water partition coefficient (Wildman–Crippen LogP) is 3.42. The molecule has 6 heteroatoms. The Morgan fingerprint density at radius 2 is 1.91 bits per heavy atom. The summed E-state index contributed by atoms with van der Waals surface area (Å²) in [5.41, 5.74) is 0.166. The Morgan fingerprint density at radius 1 is 1.18 bits per heavy atom. The van der Waals surface area contributed by atoms with Crippen LogP contribution in [0, 0.1) is 0 Å². The molecule has 2 aromatic carbocycles. The Labute approximate surface area is 136 Å². The molecule has 2 atom stereocenters. The van der Waals surface area contributed by atoms with Crippen molar-refractivity contribution in [1.29, 1.82) is 0 Å². The van der Waals surface area contributed by atoms with Gasteiger partial charge in [-0.05, 0) is 12.1 Å². The van der Waals surface area contributed by atoms with E-state index in [2.05, 4.69) is 5.32 Å². The molecule has 2 aromatic rings. The first-order chi connectivity index (χ1) is 10.5. The predicted molar refractivity (Wildman–Crippen MR) is 82.4 cm³/mol. The highest BCUT2D eigenvalue weighted by Gasteiger charge is 2.70. The fourth-order valence-corrected chi connectivity index (χ4v) is 3.38. The Morgan fingerprint density at radius 3 is 2.64 bits per heavy atom. The zero-order valence-corrected chi connectivity index (χ0v) is 12.6. The van der Waals surface area contributed by atoms with Crippen molar-refractivity contribution in [3.8, 4) is 0 Å². The average molecular weight is 334 g/mol. The maximum absolute atomic E-state index is 12.5. The third-order valence-electron chi connectivity index (χ3n) is 3.94. The fraction of sp³-hybridized carbons (Fsp3) is 0.125. The molecular weight excluding hydrogens is 325 g/mol. The number of hydrogen-bond acceptors (Lipinski definition) is 3. The van der Waals surface area contributed by atoms with Gasteiger partial charge >= 0.3 is 0 Å². The van der Waals surface area contributed by atoms with Gasteiger partial charge in [-0.15, -0.1) is 0 Å². The maximum Gasteiger partial charge on any atom is 0.264 e. The molecule has 0 aliphatic carbocycles. The van der Waals surface area contributed by atoms with Crippen LogP contribution < -0.4 is 5.32 Å². The molecule has 110 valence electrons. The molecule has 1 N–H and O–H groups in total. The third kappa shape index (κ3) is 1.75. The molecule has 0 aromatic heterocycles. The fourth-order valence-electron chi connectivity index (χ4n) is 2.84. The van der Waals surface area contributed by atoms with Crippen LogP contribution in [0.15, 0.2) is 42.5 Å². The molecular formula is C16H9Cl2NO3. The number of ether oxygens (including phenoxy) is 1. The first-order valence-electron chi connectivity index (χ1n) is 6.62. The highest BCUT2D eigenvalue weighted by Crippen LogP contribution is 2.56. The van der Waals surface area contributed by atoms with E-state index in [4.69, 9.17) is 27.9 Å². The quantitative estimate of drug-likeness (QED) is 0.676. The van der Waals surface area contributed by atoms with Gasteiger partial charge in [-0.25, -0.2) is 0 Å². The molecule has 1 saturated heterocycles. The van der Waals surface area contributed by atoms with E-state index in [-0.39, 0.29) is 11.7 Å². The van der Waals surface area contributed by atoms with Gasteiger partial charge in [0.2, 0.25) is 5.60 Å². The van der Waals surface area contributed by atoms with Crippen molar-refractivity contribution in [3.63, 3.8) is 0 Å². The van der Waals surface area contributed by atoms with E-state index in [1.165, 1.54) is 6.07 Å². The van der Waals surface area contributed by atoms with Crippen molar-refractivity contribution in [3.05, 3.63) is 63.6 Å². The summed E-state index contributed by atoms with van der Waals surface area (Å²) in [4.78, 5) is 24.9. The summed E-state index contributed by atoms with van der Waals surface area (Å²) in [5.74, 6) is -0.624. The summed E-state index contributed by atoms with van der Waals surface area (Å²) in [5, 5.41) is 3.39. The number of carbonyl (C=O) groups is 2. The Hall–Kier alpha value is -1.88. The van der Waals surface area contributed by atoms with Crippen LogP contribution in [0.5, 0.6) is 0 Å². The van der Waals surface area contributed by atoms with Crippen molar-refractivity contribution in [2.24, 2.45) is 0 Å². The van der Waals surface area contributed by atoms with Gasteiger partial charge in [-0.2, -0.15) is 0 Å². The highest BCUT2D eigenvalue weighted by atomic mass is 35.5. The molecule has 4 rings (SSSR count). The SMILES string of the molecule is O=C(c1ccccc1)[C@@H]1O[C@@]12C(=O)Nc1c(Cl)cc(Cl)cc12. The molecule has 0 saturated carbocycles. The van der Waals surface area contributed by atoms with Crippen molar-refractivity contribution in [1.82, 2.24) is 0 Å². The molecule has 2 aliphatic rings. The first kappa shape index (κ1) is 13.8. The number of ketones is 1. The molecule has 1 spiro atoms. The maximum atomic E-state index is 12.5. The van der Waals surface area contributed by atoms with Crippen LogP contribution in [0.3, 0.4) is 0 Å². The topological polar surface area (TPSA) is 58.7 Å². The van der Waals surface area contributed by atoms with E-state index >= 15 is 0 Å². The number of amides is 1. The highest BCUT2D eigenvalue weighted by molar-refractivity contribution is 6.38. The van der Waals surface area contributed by atoms with Gasteiger partial charge in [0.25, 0.3) is 5.91 Å². The van der Waals surface area contributed by atoms with Gasteiger partial charge in [0.1, 0.15) is 0 Å². The standard InChI is InChI=1S/C16H9Cl2NO3/c17-9-6-10-12(11(18)7-9)19-15(21)16(10)14(22-16)13(20)8-4-2-1-3-5-8/h1-7,14H,(H,19,21)/t14-,16+/m0/s1. The summed E-state index contributed by atoms with van der Waals surface area (Å²) < 4.78 is 5.55. The Kier molecular flexibility index (Phi) is 2.85. The van der Waals surface area contributed by atoms with Crippen molar-refractivity contribution in [2.45, 2.75) is 11.7 Å². The largest absolute Gasteiger partial charge is 0.342 e. The Balaban J connectivity index is 1.77. The lowest BCUT2D eigenvalue weighted by atomic mass is 9.92. The average Bonchev–Trinajstić information content (AvgIpc) is 3.20. The number of halogens is 2. The molecule has 1 amide bonds. The zero-order valence-electron chi connectivity index (χ0n) is 11.1. The van der Waals surface area contributed by atoms with Gasteiger partial charge < -0.3 is 10.1 Å². The van der Waals surface area contributed by atoms with E-state index in [0.29, 0.717) is 26.9 Å². The number of benzene rings is 2. The van der Waals surface area contributed by atoms with Crippen LogP contribution in [-0.4, -0.2) is 17.8 Å². The van der Waals surface area contributed by atoms with Gasteiger partial charge in [0, 0.05) is 16.1 Å². The number of fused-ring (bicyclic) bond motifs is 2. The minimum atomic E-state index is -1.31. The minimum Gasteiger partial charge on any atom is -0.342 e. The first-order valence-corrected chi connectivity index (χ1v) is 7.37. The second kappa shape index (κ2) is 4.56. The summed E-state index contributed by atoms with van der Waals surface area (Å²) in [6.07, 6.45) is -0.856. The summed E-state index contributed by atoms with van der Waals surface area (Å²) in [6, 6.07) is 11.9. The number of hydrogen-bond donors (Lipinski definition) is 1. The summed E-state index contributed by atoms with van der Waals surface area (Å²) >= 11 is 12.1. The van der Waals surface area contributed by atoms with Crippen LogP contribution in [0.25, 0.3) is 0 Å². The molecule has 0 unspecified atom stereocenters. The van der Waals surface area contributed by atoms with E-state index in [1.807, 2.05) is 6.07 Å². The minimum absolute atomic E-state index is 0.236. The van der Waals surface area contributed by atoms with Crippen LogP contribution in [0.2, 0.25) is 10.0 Å². The van der Waals surface area contributed by atoms with Gasteiger partial charge in [-0.1, -0.05) is 53.5 Å². The second-order valence-electron chi connectivity index (χ2n) is 5.23. The van der Waals surface area contributed by atoms with Crippen molar-refractivity contribution < 1.29 is 14.3 Å². The van der Waals surface area contributed by atoms with Crippen molar-refractivity contribution >= 4 is 40.6 Å². The molecule has 1 fully saturated rings. The number of Topliss-reactive ketones (excluding diaryl/α,β-unsaturated/α-hetero) is 1. The van der Waals surface area contributed by atoms with E-state index in [0.717, 1.165) is 0 Å². The van der Waals surface area contributed by atoms with Crippen molar-refractivity contribution in [2.75, 3.05) is 5.32 Å². The van der Waals surface area contributed by atoms with E-state index in [1.54, 1.807) is 30.3 Å². The van der Waals surface area contributed by atoms with E-state index < -0.39 is 11.7 Å². The van der Waals surface area contributed by atoms with Gasteiger partial charge in [0.05, 0.1) is 10.7 Å². The smallest absolute Gasteiger partial charge is 0.264 e. The second-order valence-corrected chi connectivity index (χ2v) is 6.07. The molecule has 0 bridgehead atoms. The van der Waals surface area contributed by atoms with Crippen LogP contribution >= 0.6 is 23.2 Å². The lowest BCUT2D eigenvalue weighted by molar-refractivity contribution is -0.120. The molecule has 4 nitrogen and oxygen atoms in total. The summed E-state index contributed by atoms with van der Waals surface area (Å²) in [7, 11) is 0. The molecule has 0 radical (unpaired) electrons. The molecule has 22 heavy (non-hydrogen) atoms. The van der Waals surface area contributed by atoms with Crippen LogP contribution in [0.1, 0.15) is 15.9 Å². The van der Waals surface area contributed by atoms with E-state index in [9.17, 15) is 9.59 Å². The monoisotopic (exact) mass is 333 g/mol. The number of nitrogens with one attached hydrogen (secondary N) is 1. The third-order valence-corrected chi connectivity index (χ3v) is 4.46. The lowest BCUT2D eigenvalue weighted by Crippen LogP contribution is -2.27. The zero-order chi connectivity index (χ0) is 15.5. The summed E-state index contributed by atoms with van der Waals surface area (Å²) in [6.45, 7) is 0. The Bertz CT molecular complexity index is 822.